The molecule has 1 aromatic carbocycles. The normalized spacial score (nSPS) is 21.1. The van der Waals surface area contributed by atoms with Crippen LogP contribution in [0.4, 0.5) is 0 Å². The highest BCUT2D eigenvalue weighted by Crippen LogP contribution is 2.41. The Bertz CT molecular complexity index is 378. The molecule has 0 amide bonds. The molecule has 0 unspecified atom stereocenters. The number of hydrogen-bond acceptors (Lipinski definition) is 1. The first-order valence-corrected chi connectivity index (χ1v) is 5.40. The molecular formula is C13H16ClN. The van der Waals surface area contributed by atoms with E-state index >= 15 is 0 Å². The molecule has 1 aliphatic carbocycles. The summed E-state index contributed by atoms with van der Waals surface area (Å²) >= 11 is 0. The summed E-state index contributed by atoms with van der Waals surface area (Å²) in [5, 5.41) is 3.43. The van der Waals surface area contributed by atoms with Gasteiger partial charge in [0.2, 0.25) is 0 Å². The summed E-state index contributed by atoms with van der Waals surface area (Å²) in [6, 6.07) is 8.81. The van der Waals surface area contributed by atoms with E-state index in [1.54, 1.807) is 5.56 Å². The number of nitrogens with one attached hydrogen (secondary N) is 1. The molecule has 1 spiro atoms. The summed E-state index contributed by atoms with van der Waals surface area (Å²) in [6.07, 6.45) is 7.21. The molecule has 0 atom stereocenters. The van der Waals surface area contributed by atoms with Crippen molar-refractivity contribution in [3.8, 4) is 0 Å². The van der Waals surface area contributed by atoms with Gasteiger partial charge in [-0.3, -0.25) is 0 Å². The van der Waals surface area contributed by atoms with Crippen LogP contribution in [-0.2, 0) is 5.41 Å². The predicted molar refractivity (Wildman–Crippen MR) is 66.5 cm³/mol. The van der Waals surface area contributed by atoms with Gasteiger partial charge < -0.3 is 5.32 Å². The van der Waals surface area contributed by atoms with Crippen molar-refractivity contribution in [2.75, 3.05) is 13.1 Å². The lowest BCUT2D eigenvalue weighted by molar-refractivity contribution is 0.378. The number of halogens is 1. The smallest absolute Gasteiger partial charge is 0.0165 e. The number of allylic oxidation sites excluding steroid dienone is 1. The van der Waals surface area contributed by atoms with E-state index in [2.05, 4.69) is 41.7 Å². The topological polar surface area (TPSA) is 12.0 Å². The lowest BCUT2D eigenvalue weighted by atomic mass is 9.75. The molecule has 1 N–H and O–H groups in total. The molecule has 2 heteroatoms. The predicted octanol–water partition coefficient (Wildman–Crippen LogP) is 2.76. The maximum absolute atomic E-state index is 3.43. The van der Waals surface area contributed by atoms with Gasteiger partial charge in [0.25, 0.3) is 0 Å². The zero-order chi connectivity index (χ0) is 9.43. The fraction of sp³-hybridized carbons (Fsp3) is 0.385. The minimum absolute atomic E-state index is 0. The van der Waals surface area contributed by atoms with Crippen LogP contribution in [0, 0.1) is 0 Å². The first-order chi connectivity index (χ1) is 6.91. The Labute approximate surface area is 97.0 Å². The average molecular weight is 222 g/mol. The van der Waals surface area contributed by atoms with Crippen molar-refractivity contribution in [2.45, 2.75) is 18.3 Å². The van der Waals surface area contributed by atoms with Gasteiger partial charge >= 0.3 is 0 Å². The van der Waals surface area contributed by atoms with E-state index in [1.165, 1.54) is 18.4 Å². The van der Waals surface area contributed by atoms with E-state index in [-0.39, 0.29) is 12.4 Å². The summed E-state index contributed by atoms with van der Waals surface area (Å²) in [4.78, 5) is 0. The van der Waals surface area contributed by atoms with Crippen LogP contribution < -0.4 is 5.32 Å². The zero-order valence-electron chi connectivity index (χ0n) is 8.70. The number of hydrogen-bond donors (Lipinski definition) is 1. The Balaban J connectivity index is 0.000000853. The molecule has 0 radical (unpaired) electrons. The SMILES string of the molecule is C1=CC2(CCNCC2)c2ccccc21.Cl. The minimum Gasteiger partial charge on any atom is -0.317 e. The van der Waals surface area contributed by atoms with Crippen LogP contribution in [0.2, 0.25) is 0 Å². The van der Waals surface area contributed by atoms with Gasteiger partial charge in [-0.1, -0.05) is 36.4 Å². The van der Waals surface area contributed by atoms with E-state index in [9.17, 15) is 0 Å². The second-order valence-corrected chi connectivity index (χ2v) is 4.33. The molecular weight excluding hydrogens is 206 g/mol. The number of piperidine rings is 1. The Kier molecular flexibility index (Phi) is 2.85. The molecule has 15 heavy (non-hydrogen) atoms. The molecule has 0 bridgehead atoms. The van der Waals surface area contributed by atoms with E-state index in [0.717, 1.165) is 13.1 Å². The van der Waals surface area contributed by atoms with Gasteiger partial charge in [0, 0.05) is 5.41 Å². The van der Waals surface area contributed by atoms with Gasteiger partial charge in [-0.25, -0.2) is 0 Å². The Morgan fingerprint density at radius 2 is 1.80 bits per heavy atom. The van der Waals surface area contributed by atoms with Crippen molar-refractivity contribution in [1.82, 2.24) is 5.32 Å². The van der Waals surface area contributed by atoms with Gasteiger partial charge in [0.1, 0.15) is 0 Å². The fourth-order valence-corrected chi connectivity index (χ4v) is 2.74. The summed E-state index contributed by atoms with van der Waals surface area (Å²) in [5.41, 5.74) is 3.33. The highest BCUT2D eigenvalue weighted by atomic mass is 35.5. The number of rotatable bonds is 0. The van der Waals surface area contributed by atoms with Crippen LogP contribution >= 0.6 is 12.4 Å². The molecule has 0 saturated carbocycles. The van der Waals surface area contributed by atoms with Crippen molar-refractivity contribution >= 4 is 18.5 Å². The van der Waals surface area contributed by atoms with Gasteiger partial charge in [-0.2, -0.15) is 0 Å². The highest BCUT2D eigenvalue weighted by Gasteiger charge is 2.35. The van der Waals surface area contributed by atoms with Gasteiger partial charge in [-0.15, -0.1) is 12.4 Å². The average Bonchev–Trinajstić information content (AvgIpc) is 2.60. The van der Waals surface area contributed by atoms with Crippen LogP contribution in [0.3, 0.4) is 0 Å². The Morgan fingerprint density at radius 1 is 1.07 bits per heavy atom. The quantitative estimate of drug-likeness (QED) is 0.711. The number of fused-ring (bicyclic) bond motifs is 2. The maximum Gasteiger partial charge on any atom is 0.0165 e. The highest BCUT2D eigenvalue weighted by molar-refractivity contribution is 5.85. The monoisotopic (exact) mass is 221 g/mol. The minimum atomic E-state index is 0. The molecule has 2 aliphatic rings. The molecule has 3 rings (SSSR count). The van der Waals surface area contributed by atoms with Crippen molar-refractivity contribution in [2.24, 2.45) is 0 Å². The summed E-state index contributed by atoms with van der Waals surface area (Å²) < 4.78 is 0. The molecule has 0 aromatic heterocycles. The largest absolute Gasteiger partial charge is 0.317 e. The van der Waals surface area contributed by atoms with Crippen molar-refractivity contribution in [1.29, 1.82) is 0 Å². The molecule has 1 aromatic rings. The standard InChI is InChI=1S/C13H15N.ClH/c1-2-4-12-11(3-1)5-6-13(12)7-9-14-10-8-13;/h1-6,14H,7-10H2;1H. The van der Waals surface area contributed by atoms with Gasteiger partial charge in [0.05, 0.1) is 0 Å². The van der Waals surface area contributed by atoms with Crippen molar-refractivity contribution < 1.29 is 0 Å². The van der Waals surface area contributed by atoms with Crippen LogP contribution in [-0.4, -0.2) is 13.1 Å². The summed E-state index contributed by atoms with van der Waals surface area (Å²) in [6.45, 7) is 2.30. The second-order valence-electron chi connectivity index (χ2n) is 4.33. The summed E-state index contributed by atoms with van der Waals surface area (Å²) in [7, 11) is 0. The Hall–Kier alpha value is -0.790. The zero-order valence-corrected chi connectivity index (χ0v) is 9.52. The maximum atomic E-state index is 3.43. The van der Waals surface area contributed by atoms with E-state index in [4.69, 9.17) is 0 Å². The van der Waals surface area contributed by atoms with Gasteiger partial charge in [0.15, 0.2) is 0 Å². The molecule has 1 heterocycles. The first kappa shape index (κ1) is 10.7. The fourth-order valence-electron chi connectivity index (χ4n) is 2.74. The Morgan fingerprint density at radius 3 is 2.60 bits per heavy atom. The van der Waals surface area contributed by atoms with Crippen LogP contribution in [0.25, 0.3) is 6.08 Å². The third-order valence-electron chi connectivity index (χ3n) is 3.57. The van der Waals surface area contributed by atoms with E-state index in [0.29, 0.717) is 5.41 Å². The van der Waals surface area contributed by atoms with Crippen molar-refractivity contribution in [3.63, 3.8) is 0 Å². The molecule has 1 fully saturated rings. The lowest BCUT2D eigenvalue weighted by Gasteiger charge is -2.33. The first-order valence-electron chi connectivity index (χ1n) is 5.40. The van der Waals surface area contributed by atoms with Crippen LogP contribution in [0.15, 0.2) is 30.3 Å². The molecule has 1 nitrogen and oxygen atoms in total. The molecule has 80 valence electrons. The van der Waals surface area contributed by atoms with Crippen LogP contribution in [0.1, 0.15) is 24.0 Å². The van der Waals surface area contributed by atoms with Crippen molar-refractivity contribution in [3.05, 3.63) is 41.5 Å². The third kappa shape index (κ3) is 1.60. The van der Waals surface area contributed by atoms with Gasteiger partial charge in [-0.05, 0) is 37.1 Å². The van der Waals surface area contributed by atoms with E-state index < -0.39 is 0 Å². The molecule has 1 aliphatic heterocycles. The summed E-state index contributed by atoms with van der Waals surface area (Å²) in [5.74, 6) is 0. The molecule has 1 saturated heterocycles. The third-order valence-corrected chi connectivity index (χ3v) is 3.57. The lowest BCUT2D eigenvalue weighted by Crippen LogP contribution is -2.37. The number of benzene rings is 1. The second kappa shape index (κ2) is 3.99. The van der Waals surface area contributed by atoms with E-state index in [1.807, 2.05) is 0 Å². The van der Waals surface area contributed by atoms with Crippen LogP contribution in [0.5, 0.6) is 0 Å².